The van der Waals surface area contributed by atoms with Crippen LogP contribution in [0.15, 0.2) is 0 Å². The molecule has 0 aromatic heterocycles. The monoisotopic (exact) mass is 246 g/mol. The molecule has 0 saturated heterocycles. The molecule has 1 aliphatic carbocycles. The van der Waals surface area contributed by atoms with E-state index in [4.69, 9.17) is 0 Å². The molecular weight excluding hydrogens is 228 g/mol. The van der Waals surface area contributed by atoms with Crippen molar-refractivity contribution in [2.24, 2.45) is 5.92 Å². The number of halogens is 1. The van der Waals surface area contributed by atoms with Crippen LogP contribution in [-0.2, 0) is 4.79 Å². The summed E-state index contributed by atoms with van der Waals surface area (Å²) in [7, 11) is 0. The molecule has 0 aromatic carbocycles. The van der Waals surface area contributed by atoms with Crippen LogP contribution in [-0.4, -0.2) is 11.1 Å². The second-order valence-corrected chi connectivity index (χ2v) is 5.38. The molecule has 0 heterocycles. The Morgan fingerprint density at radius 3 is 2.62 bits per heavy atom. The van der Waals surface area contributed by atoms with E-state index in [2.05, 4.69) is 15.9 Å². The maximum Gasteiger partial charge on any atom is 0.121 e. The summed E-state index contributed by atoms with van der Waals surface area (Å²) in [4.78, 5) is 10.7. The quantitative estimate of drug-likeness (QED) is 0.534. The summed E-state index contributed by atoms with van der Waals surface area (Å²) in [5.41, 5.74) is 0. The molecule has 2 heteroatoms. The predicted molar refractivity (Wildman–Crippen MR) is 59.2 cm³/mol. The Labute approximate surface area is 89.4 Å². The van der Waals surface area contributed by atoms with Crippen LogP contribution in [0, 0.1) is 5.92 Å². The van der Waals surface area contributed by atoms with E-state index in [-0.39, 0.29) is 0 Å². The summed E-state index contributed by atoms with van der Waals surface area (Å²) in [6.45, 7) is 0. The van der Waals surface area contributed by atoms with Gasteiger partial charge in [-0.25, -0.2) is 0 Å². The van der Waals surface area contributed by atoms with Crippen LogP contribution < -0.4 is 0 Å². The molecule has 0 N–H and O–H groups in total. The molecule has 0 radical (unpaired) electrons. The summed E-state index contributed by atoms with van der Waals surface area (Å²) >= 11 is 3.53. The first-order chi connectivity index (χ1) is 6.33. The van der Waals surface area contributed by atoms with Gasteiger partial charge in [-0.05, 0) is 18.8 Å². The molecule has 1 atom stereocenters. The fraction of sp³-hybridized carbons (Fsp3) is 0.909. The highest BCUT2D eigenvalue weighted by molar-refractivity contribution is 9.09. The highest BCUT2D eigenvalue weighted by atomic mass is 79.9. The third-order valence-electron chi connectivity index (χ3n) is 2.96. The first-order valence-electron chi connectivity index (χ1n) is 5.40. The Kier molecular flexibility index (Phi) is 5.68. The SMILES string of the molecule is O=CCC(Br)CCC1CCCCC1. The number of aldehydes is 1. The van der Waals surface area contributed by atoms with Crippen molar-refractivity contribution in [2.75, 3.05) is 0 Å². The Morgan fingerprint density at radius 2 is 2.00 bits per heavy atom. The van der Waals surface area contributed by atoms with Gasteiger partial charge in [0, 0.05) is 11.2 Å². The molecule has 0 aromatic rings. The van der Waals surface area contributed by atoms with Crippen LogP contribution in [0.4, 0.5) is 0 Å². The first kappa shape index (κ1) is 11.2. The van der Waals surface area contributed by atoms with Crippen molar-refractivity contribution in [1.82, 2.24) is 0 Å². The van der Waals surface area contributed by atoms with Gasteiger partial charge < -0.3 is 4.79 Å². The zero-order valence-electron chi connectivity index (χ0n) is 8.18. The number of carbonyl (C=O) groups excluding carboxylic acids is 1. The van der Waals surface area contributed by atoms with E-state index >= 15 is 0 Å². The fourth-order valence-corrected chi connectivity index (χ4v) is 2.53. The minimum atomic E-state index is 0.423. The molecule has 1 unspecified atom stereocenters. The van der Waals surface area contributed by atoms with E-state index in [1.807, 2.05) is 0 Å². The van der Waals surface area contributed by atoms with Gasteiger partial charge in [-0.1, -0.05) is 48.0 Å². The molecule has 13 heavy (non-hydrogen) atoms. The van der Waals surface area contributed by atoms with Gasteiger partial charge in [0.2, 0.25) is 0 Å². The summed E-state index contributed by atoms with van der Waals surface area (Å²) in [6.07, 6.45) is 11.3. The van der Waals surface area contributed by atoms with Crippen LogP contribution in [0.2, 0.25) is 0 Å². The third kappa shape index (κ3) is 4.80. The van der Waals surface area contributed by atoms with Crippen LogP contribution in [0.25, 0.3) is 0 Å². The lowest BCUT2D eigenvalue weighted by atomic mass is 9.86. The molecule has 0 amide bonds. The molecule has 1 aliphatic rings. The van der Waals surface area contributed by atoms with Crippen molar-refractivity contribution in [3.63, 3.8) is 0 Å². The number of rotatable bonds is 5. The zero-order valence-corrected chi connectivity index (χ0v) is 9.76. The minimum absolute atomic E-state index is 0.423. The molecule has 1 rings (SSSR count). The zero-order chi connectivity index (χ0) is 9.52. The van der Waals surface area contributed by atoms with Crippen LogP contribution in [0.5, 0.6) is 0 Å². The van der Waals surface area contributed by atoms with Gasteiger partial charge in [-0.2, -0.15) is 0 Å². The summed E-state index contributed by atoms with van der Waals surface area (Å²) in [6, 6.07) is 0. The van der Waals surface area contributed by atoms with Crippen LogP contribution in [0.3, 0.4) is 0 Å². The molecule has 0 aliphatic heterocycles. The number of hydrogen-bond donors (Lipinski definition) is 0. The van der Waals surface area contributed by atoms with Gasteiger partial charge in [-0.3, -0.25) is 0 Å². The second-order valence-electron chi connectivity index (χ2n) is 4.08. The van der Waals surface area contributed by atoms with Gasteiger partial charge >= 0.3 is 0 Å². The topological polar surface area (TPSA) is 17.1 Å². The summed E-state index contributed by atoms with van der Waals surface area (Å²) in [5.74, 6) is 0.945. The molecule has 76 valence electrons. The smallest absolute Gasteiger partial charge is 0.121 e. The van der Waals surface area contributed by atoms with E-state index < -0.39 is 0 Å². The van der Waals surface area contributed by atoms with E-state index in [9.17, 15) is 4.79 Å². The number of hydrogen-bond acceptors (Lipinski definition) is 1. The molecule has 0 bridgehead atoms. The van der Waals surface area contributed by atoms with Gasteiger partial charge in [0.15, 0.2) is 0 Å². The van der Waals surface area contributed by atoms with E-state index in [0.29, 0.717) is 11.2 Å². The number of alkyl halides is 1. The third-order valence-corrected chi connectivity index (χ3v) is 3.80. The Morgan fingerprint density at radius 1 is 1.31 bits per heavy atom. The molecule has 1 nitrogen and oxygen atoms in total. The maximum atomic E-state index is 10.2. The highest BCUT2D eigenvalue weighted by Crippen LogP contribution is 2.28. The van der Waals surface area contributed by atoms with Crippen LogP contribution in [0.1, 0.15) is 51.4 Å². The van der Waals surface area contributed by atoms with Crippen LogP contribution >= 0.6 is 15.9 Å². The van der Waals surface area contributed by atoms with Crippen molar-refractivity contribution in [3.8, 4) is 0 Å². The van der Waals surface area contributed by atoms with E-state index in [1.165, 1.54) is 44.9 Å². The lowest BCUT2D eigenvalue weighted by Crippen LogP contribution is -2.09. The summed E-state index contributed by atoms with van der Waals surface area (Å²) < 4.78 is 0. The van der Waals surface area contributed by atoms with Gasteiger partial charge in [-0.15, -0.1) is 0 Å². The van der Waals surface area contributed by atoms with Crippen molar-refractivity contribution in [2.45, 2.75) is 56.2 Å². The normalized spacial score (nSPS) is 21.3. The van der Waals surface area contributed by atoms with E-state index in [1.54, 1.807) is 0 Å². The predicted octanol–water partition coefficient (Wildman–Crippen LogP) is 3.70. The van der Waals surface area contributed by atoms with Crippen molar-refractivity contribution >= 4 is 22.2 Å². The lowest BCUT2D eigenvalue weighted by molar-refractivity contribution is -0.107. The van der Waals surface area contributed by atoms with Crippen molar-refractivity contribution in [3.05, 3.63) is 0 Å². The summed E-state index contributed by atoms with van der Waals surface area (Å²) in [5, 5.41) is 0. The Hall–Kier alpha value is 0.150. The fourth-order valence-electron chi connectivity index (χ4n) is 2.11. The average molecular weight is 247 g/mol. The van der Waals surface area contributed by atoms with Gasteiger partial charge in [0.25, 0.3) is 0 Å². The number of carbonyl (C=O) groups is 1. The van der Waals surface area contributed by atoms with Crippen molar-refractivity contribution in [1.29, 1.82) is 0 Å². The Bertz CT molecular complexity index is 141. The average Bonchev–Trinajstić information content (AvgIpc) is 2.17. The standard InChI is InChI=1S/C11H19BrO/c12-11(8-9-13)7-6-10-4-2-1-3-5-10/h9-11H,1-8H2. The van der Waals surface area contributed by atoms with E-state index in [0.717, 1.165) is 12.2 Å². The molecular formula is C11H19BrO. The second kappa shape index (κ2) is 6.58. The molecule has 1 fully saturated rings. The molecule has 1 saturated carbocycles. The first-order valence-corrected chi connectivity index (χ1v) is 6.32. The minimum Gasteiger partial charge on any atom is -0.303 e. The largest absolute Gasteiger partial charge is 0.303 e. The van der Waals surface area contributed by atoms with Crippen molar-refractivity contribution < 1.29 is 4.79 Å². The van der Waals surface area contributed by atoms with Gasteiger partial charge in [0.05, 0.1) is 0 Å². The maximum absolute atomic E-state index is 10.2. The highest BCUT2D eigenvalue weighted by Gasteiger charge is 2.14. The van der Waals surface area contributed by atoms with Gasteiger partial charge in [0.1, 0.15) is 6.29 Å². The Balaban J connectivity index is 2.06. The molecule has 0 spiro atoms. The lowest BCUT2D eigenvalue weighted by Gasteiger charge is -2.22.